The van der Waals surface area contributed by atoms with Crippen molar-refractivity contribution >= 4 is 27.5 Å². The van der Waals surface area contributed by atoms with Crippen molar-refractivity contribution in [2.75, 3.05) is 20.2 Å². The summed E-state index contributed by atoms with van der Waals surface area (Å²) in [6.07, 6.45) is 1.18. The first kappa shape index (κ1) is 24.2. The molecule has 4 rings (SSSR count). The van der Waals surface area contributed by atoms with Gasteiger partial charge in [0.15, 0.2) is 0 Å². The maximum absolute atomic E-state index is 13.4. The lowest BCUT2D eigenvalue weighted by Crippen LogP contribution is -2.45. The first-order chi connectivity index (χ1) is 16.3. The van der Waals surface area contributed by atoms with Crippen LogP contribution in [0.15, 0.2) is 51.9 Å². The van der Waals surface area contributed by atoms with Gasteiger partial charge in [-0.1, -0.05) is 28.9 Å². The highest BCUT2D eigenvalue weighted by atomic mass is 35.5. The SMILES string of the molecule is COc1ccc(CNC(=O)C2CCCN(S(=O)(=O)c3cc(-c4noc(C)n4)ccc3Cl)C2)cc1. The number of nitrogens with one attached hydrogen (secondary N) is 1. The van der Waals surface area contributed by atoms with Gasteiger partial charge in [-0.3, -0.25) is 4.79 Å². The summed E-state index contributed by atoms with van der Waals surface area (Å²) in [5, 5.41) is 6.84. The van der Waals surface area contributed by atoms with E-state index in [0.717, 1.165) is 11.3 Å². The summed E-state index contributed by atoms with van der Waals surface area (Å²) >= 11 is 6.27. The van der Waals surface area contributed by atoms with Crippen molar-refractivity contribution in [2.45, 2.75) is 31.2 Å². The standard InChI is InChI=1S/C23H25ClN4O5S/c1-15-26-22(27-33-15)17-7-10-20(24)21(12-17)34(30,31)28-11-3-4-18(14-28)23(29)25-13-16-5-8-19(32-2)9-6-16/h5-10,12,18H,3-4,11,13-14H2,1-2H3,(H,25,29). The number of piperidine rings is 1. The molecule has 0 aliphatic carbocycles. The number of benzene rings is 2. The lowest BCUT2D eigenvalue weighted by atomic mass is 9.99. The molecule has 1 N–H and O–H groups in total. The Balaban J connectivity index is 1.47. The minimum absolute atomic E-state index is 0.0478. The Kier molecular flexibility index (Phi) is 7.20. The van der Waals surface area contributed by atoms with E-state index in [1.54, 1.807) is 20.1 Å². The Hall–Kier alpha value is -2.95. The molecule has 0 bridgehead atoms. The van der Waals surface area contributed by atoms with Crippen LogP contribution >= 0.6 is 11.6 Å². The van der Waals surface area contributed by atoms with E-state index in [4.69, 9.17) is 20.9 Å². The van der Waals surface area contributed by atoms with Gasteiger partial charge in [0.25, 0.3) is 0 Å². The van der Waals surface area contributed by atoms with Crippen LogP contribution in [0, 0.1) is 12.8 Å². The predicted octanol–water partition coefficient (Wildman–Crippen LogP) is 3.42. The Morgan fingerprint density at radius 2 is 2.03 bits per heavy atom. The number of nitrogens with zero attached hydrogens (tertiary/aromatic N) is 3. The predicted molar refractivity (Wildman–Crippen MR) is 126 cm³/mol. The van der Waals surface area contributed by atoms with Crippen LogP contribution in [0.2, 0.25) is 5.02 Å². The van der Waals surface area contributed by atoms with Gasteiger partial charge >= 0.3 is 0 Å². The fourth-order valence-electron chi connectivity index (χ4n) is 3.85. The number of aryl methyl sites for hydroxylation is 1. The monoisotopic (exact) mass is 504 g/mol. The highest BCUT2D eigenvalue weighted by molar-refractivity contribution is 7.89. The zero-order chi connectivity index (χ0) is 24.3. The summed E-state index contributed by atoms with van der Waals surface area (Å²) in [7, 11) is -2.34. The van der Waals surface area contributed by atoms with Crippen LogP contribution in [0.4, 0.5) is 0 Å². The average molecular weight is 505 g/mol. The lowest BCUT2D eigenvalue weighted by Gasteiger charge is -2.31. The van der Waals surface area contributed by atoms with Gasteiger partial charge in [0.05, 0.1) is 18.1 Å². The third-order valence-electron chi connectivity index (χ3n) is 5.72. The molecule has 1 aliphatic rings. The molecule has 2 aromatic carbocycles. The summed E-state index contributed by atoms with van der Waals surface area (Å²) in [4.78, 5) is 16.9. The quantitative estimate of drug-likeness (QED) is 0.524. The first-order valence-corrected chi connectivity index (χ1v) is 12.6. The third kappa shape index (κ3) is 5.24. The fourth-order valence-corrected chi connectivity index (χ4v) is 5.87. The van der Waals surface area contributed by atoms with Crippen LogP contribution < -0.4 is 10.1 Å². The molecule has 1 amide bonds. The Bertz CT molecular complexity index is 1280. The summed E-state index contributed by atoms with van der Waals surface area (Å²) in [6.45, 7) is 2.40. The summed E-state index contributed by atoms with van der Waals surface area (Å²) in [5.74, 6) is 0.746. The molecule has 9 nitrogen and oxygen atoms in total. The average Bonchev–Trinajstić information content (AvgIpc) is 3.29. The van der Waals surface area contributed by atoms with Crippen molar-refractivity contribution in [3.05, 3.63) is 58.9 Å². The van der Waals surface area contributed by atoms with E-state index in [0.29, 0.717) is 37.4 Å². The van der Waals surface area contributed by atoms with Gasteiger partial charge in [0.1, 0.15) is 10.6 Å². The molecule has 11 heteroatoms. The highest BCUT2D eigenvalue weighted by Gasteiger charge is 2.34. The summed E-state index contributed by atoms with van der Waals surface area (Å²) in [6, 6.07) is 12.0. The molecule has 3 aromatic rings. The topological polar surface area (TPSA) is 115 Å². The van der Waals surface area contributed by atoms with Crippen LogP contribution in [0.1, 0.15) is 24.3 Å². The highest BCUT2D eigenvalue weighted by Crippen LogP contribution is 2.31. The van der Waals surface area contributed by atoms with Crippen LogP contribution in [-0.2, 0) is 21.4 Å². The van der Waals surface area contributed by atoms with Crippen LogP contribution in [-0.4, -0.2) is 49.0 Å². The van der Waals surface area contributed by atoms with Crippen molar-refractivity contribution < 1.29 is 22.5 Å². The van der Waals surface area contributed by atoms with Gasteiger partial charge in [0, 0.05) is 32.1 Å². The maximum atomic E-state index is 13.4. The molecular formula is C23H25ClN4O5S. The Labute approximate surface area is 203 Å². The second-order valence-electron chi connectivity index (χ2n) is 8.05. The second-order valence-corrected chi connectivity index (χ2v) is 10.4. The van der Waals surface area contributed by atoms with Crippen molar-refractivity contribution in [1.82, 2.24) is 19.8 Å². The molecule has 1 aliphatic heterocycles. The van der Waals surface area contributed by atoms with Crippen LogP contribution in [0.25, 0.3) is 11.4 Å². The van der Waals surface area contributed by atoms with Crippen molar-refractivity contribution in [2.24, 2.45) is 5.92 Å². The number of halogens is 1. The minimum atomic E-state index is -3.94. The molecule has 1 atom stereocenters. The number of ether oxygens (including phenoxy) is 1. The molecule has 1 aromatic heterocycles. The zero-order valence-electron chi connectivity index (χ0n) is 18.8. The number of sulfonamides is 1. The van der Waals surface area contributed by atoms with E-state index >= 15 is 0 Å². The van der Waals surface area contributed by atoms with E-state index in [2.05, 4.69) is 15.5 Å². The maximum Gasteiger partial charge on any atom is 0.244 e. The number of carbonyl (C=O) groups excluding carboxylic acids is 1. The first-order valence-electron chi connectivity index (χ1n) is 10.8. The van der Waals surface area contributed by atoms with E-state index in [9.17, 15) is 13.2 Å². The summed E-state index contributed by atoms with van der Waals surface area (Å²) in [5.41, 5.74) is 1.40. The molecule has 1 fully saturated rings. The molecular weight excluding hydrogens is 480 g/mol. The largest absolute Gasteiger partial charge is 0.497 e. The van der Waals surface area contributed by atoms with E-state index in [-0.39, 0.29) is 28.2 Å². The molecule has 180 valence electrons. The van der Waals surface area contributed by atoms with Gasteiger partial charge in [-0.05, 0) is 48.7 Å². The number of methoxy groups -OCH3 is 1. The molecule has 0 saturated carbocycles. The van der Waals surface area contributed by atoms with Crippen molar-refractivity contribution in [3.63, 3.8) is 0 Å². The second kappa shape index (κ2) is 10.1. The van der Waals surface area contributed by atoms with Crippen LogP contribution in [0.3, 0.4) is 0 Å². The number of rotatable bonds is 7. The van der Waals surface area contributed by atoms with Gasteiger partial charge in [0.2, 0.25) is 27.6 Å². The smallest absolute Gasteiger partial charge is 0.244 e. The fraction of sp³-hybridized carbons (Fsp3) is 0.348. The normalized spacial score (nSPS) is 16.9. The summed E-state index contributed by atoms with van der Waals surface area (Å²) < 4.78 is 38.3. The van der Waals surface area contributed by atoms with E-state index in [1.165, 1.54) is 16.4 Å². The zero-order valence-corrected chi connectivity index (χ0v) is 20.4. The van der Waals surface area contributed by atoms with Crippen LogP contribution in [0.5, 0.6) is 5.75 Å². The molecule has 0 radical (unpaired) electrons. The van der Waals surface area contributed by atoms with Gasteiger partial charge in [-0.15, -0.1) is 0 Å². The lowest BCUT2D eigenvalue weighted by molar-refractivity contribution is -0.126. The van der Waals surface area contributed by atoms with Crippen molar-refractivity contribution in [3.8, 4) is 17.1 Å². The molecule has 34 heavy (non-hydrogen) atoms. The Morgan fingerprint density at radius 1 is 1.26 bits per heavy atom. The molecule has 2 heterocycles. The minimum Gasteiger partial charge on any atom is -0.497 e. The third-order valence-corrected chi connectivity index (χ3v) is 8.06. The van der Waals surface area contributed by atoms with E-state index in [1.807, 2.05) is 24.3 Å². The number of aromatic nitrogens is 2. The number of hydrogen-bond donors (Lipinski definition) is 1. The van der Waals surface area contributed by atoms with Crippen molar-refractivity contribution in [1.29, 1.82) is 0 Å². The number of hydrogen-bond acceptors (Lipinski definition) is 7. The molecule has 1 unspecified atom stereocenters. The van der Waals surface area contributed by atoms with E-state index < -0.39 is 15.9 Å². The number of carbonyl (C=O) groups is 1. The molecule has 0 spiro atoms. The number of amides is 1. The van der Waals surface area contributed by atoms with Gasteiger partial charge in [-0.2, -0.15) is 9.29 Å². The Morgan fingerprint density at radius 3 is 2.71 bits per heavy atom. The van der Waals surface area contributed by atoms with Gasteiger partial charge < -0.3 is 14.6 Å². The molecule has 1 saturated heterocycles. The van der Waals surface area contributed by atoms with Gasteiger partial charge in [-0.25, -0.2) is 8.42 Å².